The Kier molecular flexibility index (Phi) is 4.30. The lowest BCUT2D eigenvalue weighted by molar-refractivity contribution is 0.495. The first-order valence-electron chi connectivity index (χ1n) is 7.47. The minimum absolute atomic E-state index is 0.0989. The molecule has 3 aromatic rings. The van der Waals surface area contributed by atoms with Crippen molar-refractivity contribution in [3.63, 3.8) is 0 Å². The number of nitrogens with one attached hydrogen (secondary N) is 1. The van der Waals surface area contributed by atoms with Crippen LogP contribution in [0, 0.1) is 25.2 Å². The van der Waals surface area contributed by atoms with Crippen LogP contribution in [0.3, 0.4) is 0 Å². The highest BCUT2D eigenvalue weighted by Crippen LogP contribution is 2.25. The van der Waals surface area contributed by atoms with Crippen molar-refractivity contribution in [3.05, 3.63) is 65.7 Å². The number of sulfonamides is 1. The van der Waals surface area contributed by atoms with E-state index in [9.17, 15) is 8.42 Å². The van der Waals surface area contributed by atoms with Crippen LogP contribution in [0.1, 0.15) is 17.2 Å². The maximum absolute atomic E-state index is 12.5. The van der Waals surface area contributed by atoms with Gasteiger partial charge in [-0.15, -0.1) is 0 Å². The van der Waals surface area contributed by atoms with E-state index in [-0.39, 0.29) is 16.1 Å². The Bertz CT molecular complexity index is 1060. The fraction of sp³-hybridized carbons (Fsp3) is 0.111. The van der Waals surface area contributed by atoms with Crippen molar-refractivity contribution in [1.29, 1.82) is 5.26 Å². The molecule has 1 aromatic heterocycles. The number of benzene rings is 2. The Labute approximate surface area is 145 Å². The molecule has 1 heterocycles. The van der Waals surface area contributed by atoms with E-state index in [1.54, 1.807) is 50.2 Å². The molecule has 0 amide bonds. The molecule has 0 radical (unpaired) electrons. The zero-order valence-corrected chi connectivity index (χ0v) is 14.5. The molecule has 2 aromatic carbocycles. The van der Waals surface area contributed by atoms with Gasteiger partial charge in [0.1, 0.15) is 17.5 Å². The molecule has 3 rings (SSSR count). The largest absolute Gasteiger partial charge is 0.446 e. The van der Waals surface area contributed by atoms with Gasteiger partial charge in [-0.2, -0.15) is 5.26 Å². The fourth-order valence-corrected chi connectivity index (χ4v) is 3.54. The second-order valence-corrected chi connectivity index (χ2v) is 7.11. The number of nitrogens with zero attached hydrogens (tertiary/aromatic N) is 2. The molecule has 1 N–H and O–H groups in total. The zero-order valence-electron chi connectivity index (χ0n) is 13.6. The molecule has 25 heavy (non-hydrogen) atoms. The van der Waals surface area contributed by atoms with Crippen LogP contribution in [0.4, 0.5) is 5.69 Å². The van der Waals surface area contributed by atoms with E-state index in [0.29, 0.717) is 17.3 Å². The monoisotopic (exact) mass is 353 g/mol. The van der Waals surface area contributed by atoms with Crippen LogP contribution in [0.15, 0.2) is 57.8 Å². The normalized spacial score (nSPS) is 11.1. The number of hydrogen-bond donors (Lipinski definition) is 1. The quantitative estimate of drug-likeness (QED) is 0.772. The summed E-state index contributed by atoms with van der Waals surface area (Å²) in [6.07, 6.45) is 0. The fourth-order valence-electron chi connectivity index (χ4n) is 2.46. The molecule has 0 atom stereocenters. The summed E-state index contributed by atoms with van der Waals surface area (Å²) in [5, 5.41) is 9.08. The van der Waals surface area contributed by atoms with Crippen LogP contribution in [-0.2, 0) is 10.0 Å². The number of nitriles is 1. The van der Waals surface area contributed by atoms with Crippen molar-refractivity contribution >= 4 is 15.7 Å². The standard InChI is InChI=1S/C18H15N3O3S/c1-12-18(20-13(2)24-12)14-7-9-16(10-8-14)25(22,23)21-17-6-4-3-5-15(17)11-19/h3-10,21H,1-2H3. The number of oxazole rings is 1. The molecule has 0 bridgehead atoms. The summed E-state index contributed by atoms with van der Waals surface area (Å²) in [6.45, 7) is 3.56. The molecule has 0 aliphatic carbocycles. The average molecular weight is 353 g/mol. The number of para-hydroxylation sites is 1. The van der Waals surface area contributed by atoms with Crippen molar-refractivity contribution in [2.45, 2.75) is 18.7 Å². The molecule has 0 saturated carbocycles. The van der Waals surface area contributed by atoms with E-state index in [1.807, 2.05) is 6.07 Å². The molecular formula is C18H15N3O3S. The number of anilines is 1. The summed E-state index contributed by atoms with van der Waals surface area (Å²) in [5.74, 6) is 1.23. The van der Waals surface area contributed by atoms with Gasteiger partial charge in [-0.25, -0.2) is 13.4 Å². The van der Waals surface area contributed by atoms with Crippen LogP contribution in [-0.4, -0.2) is 13.4 Å². The van der Waals surface area contributed by atoms with Gasteiger partial charge in [0.05, 0.1) is 16.1 Å². The van der Waals surface area contributed by atoms with Crippen molar-refractivity contribution < 1.29 is 12.8 Å². The highest BCUT2D eigenvalue weighted by molar-refractivity contribution is 7.92. The Morgan fingerprint density at radius 3 is 2.36 bits per heavy atom. The first-order valence-corrected chi connectivity index (χ1v) is 8.95. The second kappa shape index (κ2) is 6.42. The summed E-state index contributed by atoms with van der Waals surface area (Å²) >= 11 is 0. The van der Waals surface area contributed by atoms with Crippen molar-refractivity contribution in [3.8, 4) is 17.3 Å². The summed E-state index contributed by atoms with van der Waals surface area (Å²) in [7, 11) is -3.79. The summed E-state index contributed by atoms with van der Waals surface area (Å²) in [6, 6.07) is 14.7. The second-order valence-electron chi connectivity index (χ2n) is 5.42. The lowest BCUT2D eigenvalue weighted by Crippen LogP contribution is -2.13. The van der Waals surface area contributed by atoms with Crippen LogP contribution >= 0.6 is 0 Å². The van der Waals surface area contributed by atoms with Crippen LogP contribution in [0.2, 0.25) is 0 Å². The molecule has 6 nitrogen and oxygen atoms in total. The number of rotatable bonds is 4. The van der Waals surface area contributed by atoms with E-state index >= 15 is 0 Å². The van der Waals surface area contributed by atoms with Gasteiger partial charge in [-0.3, -0.25) is 4.72 Å². The lowest BCUT2D eigenvalue weighted by Gasteiger charge is -2.09. The summed E-state index contributed by atoms with van der Waals surface area (Å²) < 4.78 is 32.9. The van der Waals surface area contributed by atoms with Gasteiger partial charge < -0.3 is 4.42 Å². The highest BCUT2D eigenvalue weighted by atomic mass is 32.2. The smallest absolute Gasteiger partial charge is 0.261 e. The van der Waals surface area contributed by atoms with E-state index in [0.717, 1.165) is 5.56 Å². The zero-order chi connectivity index (χ0) is 18.0. The molecular weight excluding hydrogens is 338 g/mol. The van der Waals surface area contributed by atoms with E-state index in [1.165, 1.54) is 12.1 Å². The van der Waals surface area contributed by atoms with Gasteiger partial charge in [0.25, 0.3) is 10.0 Å². The first-order chi connectivity index (χ1) is 11.9. The van der Waals surface area contributed by atoms with Crippen LogP contribution in [0.25, 0.3) is 11.3 Å². The molecule has 0 fully saturated rings. The molecule has 0 aliphatic heterocycles. The van der Waals surface area contributed by atoms with E-state index in [2.05, 4.69) is 9.71 Å². The van der Waals surface area contributed by atoms with Gasteiger partial charge in [0.2, 0.25) is 0 Å². The van der Waals surface area contributed by atoms with Crippen molar-refractivity contribution in [1.82, 2.24) is 4.98 Å². The van der Waals surface area contributed by atoms with Gasteiger partial charge >= 0.3 is 0 Å². The predicted molar refractivity (Wildman–Crippen MR) is 93.4 cm³/mol. The van der Waals surface area contributed by atoms with Crippen LogP contribution < -0.4 is 4.72 Å². The Morgan fingerprint density at radius 2 is 1.76 bits per heavy atom. The molecule has 0 aliphatic rings. The average Bonchev–Trinajstić information content (AvgIpc) is 2.93. The first kappa shape index (κ1) is 16.7. The Hall–Kier alpha value is -3.11. The van der Waals surface area contributed by atoms with E-state index < -0.39 is 10.0 Å². The van der Waals surface area contributed by atoms with Gasteiger partial charge in [-0.1, -0.05) is 24.3 Å². The molecule has 7 heteroatoms. The number of aromatic nitrogens is 1. The van der Waals surface area contributed by atoms with E-state index in [4.69, 9.17) is 9.68 Å². The molecule has 0 saturated heterocycles. The maximum Gasteiger partial charge on any atom is 0.261 e. The minimum Gasteiger partial charge on any atom is -0.446 e. The summed E-state index contributed by atoms with van der Waals surface area (Å²) in [4.78, 5) is 4.39. The molecule has 0 spiro atoms. The maximum atomic E-state index is 12.5. The molecule has 126 valence electrons. The van der Waals surface area contributed by atoms with Gasteiger partial charge in [0.15, 0.2) is 5.89 Å². The van der Waals surface area contributed by atoms with Gasteiger partial charge in [-0.05, 0) is 31.2 Å². The highest BCUT2D eigenvalue weighted by Gasteiger charge is 2.17. The predicted octanol–water partition coefficient (Wildman–Crippen LogP) is 3.63. The number of aryl methyl sites for hydroxylation is 2. The van der Waals surface area contributed by atoms with Crippen molar-refractivity contribution in [2.24, 2.45) is 0 Å². The third-order valence-corrected chi connectivity index (χ3v) is 5.01. The third-order valence-electron chi connectivity index (χ3n) is 3.63. The minimum atomic E-state index is -3.79. The number of hydrogen-bond acceptors (Lipinski definition) is 5. The SMILES string of the molecule is Cc1nc(-c2ccc(S(=O)(=O)Nc3ccccc3C#N)cc2)c(C)o1. The third kappa shape index (κ3) is 3.39. The Morgan fingerprint density at radius 1 is 1.08 bits per heavy atom. The topological polar surface area (TPSA) is 96.0 Å². The lowest BCUT2D eigenvalue weighted by atomic mass is 10.1. The molecule has 0 unspecified atom stereocenters. The van der Waals surface area contributed by atoms with Crippen molar-refractivity contribution in [2.75, 3.05) is 4.72 Å². The Balaban J connectivity index is 1.91. The van der Waals surface area contributed by atoms with Crippen LogP contribution in [0.5, 0.6) is 0 Å². The van der Waals surface area contributed by atoms with Gasteiger partial charge in [0, 0.05) is 12.5 Å². The summed E-state index contributed by atoms with van der Waals surface area (Å²) in [5.41, 5.74) is 1.96.